The predicted octanol–water partition coefficient (Wildman–Crippen LogP) is -0.819. The fourth-order valence-corrected chi connectivity index (χ4v) is 3.82. The number of imide groups is 1. The van der Waals surface area contributed by atoms with E-state index in [-0.39, 0.29) is 18.0 Å². The van der Waals surface area contributed by atoms with Gasteiger partial charge in [0.2, 0.25) is 21.8 Å². The van der Waals surface area contributed by atoms with Crippen molar-refractivity contribution in [2.75, 3.05) is 6.54 Å². The zero-order chi connectivity index (χ0) is 14.9. The molecule has 0 aromatic heterocycles. The third-order valence-electron chi connectivity index (χ3n) is 3.15. The van der Waals surface area contributed by atoms with Gasteiger partial charge in [0.05, 0.1) is 11.4 Å². The summed E-state index contributed by atoms with van der Waals surface area (Å²) in [7, 11) is -3.95. The second-order valence-electron chi connectivity index (χ2n) is 4.45. The number of benzene rings is 1. The Labute approximate surface area is 116 Å². The van der Waals surface area contributed by atoms with E-state index in [9.17, 15) is 18.0 Å². The zero-order valence-electron chi connectivity index (χ0n) is 10.9. The quantitative estimate of drug-likeness (QED) is 0.708. The molecule has 1 fully saturated rings. The van der Waals surface area contributed by atoms with Crippen LogP contribution in [0.3, 0.4) is 0 Å². The van der Waals surface area contributed by atoms with Crippen LogP contribution in [0, 0.1) is 0 Å². The summed E-state index contributed by atoms with van der Waals surface area (Å²) >= 11 is 0. The number of amides is 2. The van der Waals surface area contributed by atoms with Crippen LogP contribution in [-0.2, 0) is 26.2 Å². The molecule has 108 valence electrons. The van der Waals surface area contributed by atoms with Crippen LogP contribution >= 0.6 is 0 Å². The summed E-state index contributed by atoms with van der Waals surface area (Å²) in [4.78, 5) is 23.0. The van der Waals surface area contributed by atoms with Crippen LogP contribution in [0.1, 0.15) is 12.5 Å². The van der Waals surface area contributed by atoms with E-state index in [2.05, 4.69) is 5.32 Å². The molecule has 1 aliphatic rings. The van der Waals surface area contributed by atoms with Crippen LogP contribution in [0.5, 0.6) is 0 Å². The molecule has 3 N–H and O–H groups in total. The molecule has 0 bridgehead atoms. The molecule has 0 aliphatic carbocycles. The minimum Gasteiger partial charge on any atom is -0.326 e. The zero-order valence-corrected chi connectivity index (χ0v) is 11.7. The number of carbonyl (C=O) groups excluding carboxylic acids is 2. The number of hydrogen-bond acceptors (Lipinski definition) is 5. The third kappa shape index (κ3) is 2.45. The van der Waals surface area contributed by atoms with E-state index in [4.69, 9.17) is 5.73 Å². The van der Waals surface area contributed by atoms with Crippen molar-refractivity contribution in [1.29, 1.82) is 0 Å². The first-order valence-corrected chi connectivity index (χ1v) is 7.45. The van der Waals surface area contributed by atoms with Crippen LogP contribution in [0.25, 0.3) is 0 Å². The van der Waals surface area contributed by atoms with Gasteiger partial charge in [0.1, 0.15) is 6.04 Å². The van der Waals surface area contributed by atoms with Crippen LogP contribution in [0.2, 0.25) is 0 Å². The summed E-state index contributed by atoms with van der Waals surface area (Å²) in [5, 5.41) is 2.10. The number of piperazine rings is 1. The molecule has 1 heterocycles. The smallest absolute Gasteiger partial charge is 0.244 e. The van der Waals surface area contributed by atoms with Gasteiger partial charge in [0.15, 0.2) is 0 Å². The first-order chi connectivity index (χ1) is 9.37. The third-order valence-corrected chi connectivity index (χ3v) is 5.17. The van der Waals surface area contributed by atoms with Gasteiger partial charge in [-0.15, -0.1) is 0 Å². The van der Waals surface area contributed by atoms with Gasteiger partial charge in [-0.05, 0) is 18.6 Å². The number of hydrogen-bond donors (Lipinski definition) is 2. The lowest BCUT2D eigenvalue weighted by molar-refractivity contribution is -0.136. The number of nitrogens with zero attached hydrogens (tertiary/aromatic N) is 1. The summed E-state index contributed by atoms with van der Waals surface area (Å²) in [5.41, 5.74) is 5.98. The highest BCUT2D eigenvalue weighted by Gasteiger charge is 2.39. The van der Waals surface area contributed by atoms with Crippen LogP contribution in [0.15, 0.2) is 29.2 Å². The van der Waals surface area contributed by atoms with E-state index in [1.165, 1.54) is 13.0 Å². The Balaban J connectivity index is 2.49. The number of sulfonamides is 1. The van der Waals surface area contributed by atoms with Crippen molar-refractivity contribution < 1.29 is 18.0 Å². The van der Waals surface area contributed by atoms with Crippen molar-refractivity contribution in [3.05, 3.63) is 29.8 Å². The predicted molar refractivity (Wildman–Crippen MR) is 70.8 cm³/mol. The second kappa shape index (κ2) is 5.31. The molecule has 1 unspecified atom stereocenters. The fourth-order valence-electron chi connectivity index (χ4n) is 2.03. The van der Waals surface area contributed by atoms with Crippen molar-refractivity contribution in [1.82, 2.24) is 9.62 Å². The minimum absolute atomic E-state index is 0.0249. The Kier molecular flexibility index (Phi) is 3.89. The standard InChI is InChI=1S/C12H15N3O4S/c1-8-12(17)14-11(16)7-15(8)20(18,19)10-5-3-2-4-9(10)6-13/h2-5,8H,6-7,13H2,1H3,(H,14,16,17). The van der Waals surface area contributed by atoms with Crippen molar-refractivity contribution in [2.24, 2.45) is 5.73 Å². The lowest BCUT2D eigenvalue weighted by Gasteiger charge is -2.31. The summed E-state index contributed by atoms with van der Waals surface area (Å²) in [5.74, 6) is -1.27. The van der Waals surface area contributed by atoms with Gasteiger partial charge in [0.25, 0.3) is 0 Å². The van der Waals surface area contributed by atoms with Crippen LogP contribution in [0.4, 0.5) is 0 Å². The molecule has 1 saturated heterocycles. The van der Waals surface area contributed by atoms with E-state index >= 15 is 0 Å². The Morgan fingerprint density at radius 2 is 2.00 bits per heavy atom. The molecule has 1 aromatic rings. The van der Waals surface area contributed by atoms with Crippen molar-refractivity contribution in [3.8, 4) is 0 Å². The maximum absolute atomic E-state index is 12.6. The highest BCUT2D eigenvalue weighted by Crippen LogP contribution is 2.23. The van der Waals surface area contributed by atoms with Gasteiger partial charge in [-0.1, -0.05) is 18.2 Å². The van der Waals surface area contributed by atoms with Gasteiger partial charge >= 0.3 is 0 Å². The van der Waals surface area contributed by atoms with Gasteiger partial charge in [-0.3, -0.25) is 14.9 Å². The first kappa shape index (κ1) is 14.6. The van der Waals surface area contributed by atoms with Crippen LogP contribution < -0.4 is 11.1 Å². The van der Waals surface area contributed by atoms with E-state index in [1.807, 2.05) is 0 Å². The van der Waals surface area contributed by atoms with E-state index in [0.29, 0.717) is 5.56 Å². The normalized spacial score (nSPS) is 20.8. The molecule has 1 atom stereocenters. The van der Waals surface area contributed by atoms with Gasteiger partial charge in [0, 0.05) is 6.54 Å². The molecular formula is C12H15N3O4S. The van der Waals surface area contributed by atoms with Gasteiger partial charge in [-0.25, -0.2) is 8.42 Å². The SMILES string of the molecule is CC1C(=O)NC(=O)CN1S(=O)(=O)c1ccccc1CN. The molecule has 8 heteroatoms. The molecule has 0 saturated carbocycles. The Morgan fingerprint density at radius 3 is 2.65 bits per heavy atom. The number of carbonyl (C=O) groups is 2. The van der Waals surface area contributed by atoms with Crippen molar-refractivity contribution in [3.63, 3.8) is 0 Å². The lowest BCUT2D eigenvalue weighted by atomic mass is 10.2. The minimum atomic E-state index is -3.95. The summed E-state index contributed by atoms with van der Waals surface area (Å²) < 4.78 is 26.1. The van der Waals surface area contributed by atoms with E-state index in [1.54, 1.807) is 18.2 Å². The maximum Gasteiger partial charge on any atom is 0.244 e. The number of rotatable bonds is 3. The highest BCUT2D eigenvalue weighted by molar-refractivity contribution is 7.89. The van der Waals surface area contributed by atoms with Crippen LogP contribution in [-0.4, -0.2) is 37.1 Å². The molecule has 0 radical (unpaired) electrons. The maximum atomic E-state index is 12.6. The summed E-state index contributed by atoms with van der Waals surface area (Å²) in [6.45, 7) is 1.11. The Hall–Kier alpha value is -1.77. The average molecular weight is 297 g/mol. The first-order valence-electron chi connectivity index (χ1n) is 6.01. The molecule has 0 spiro atoms. The lowest BCUT2D eigenvalue weighted by Crippen LogP contribution is -2.58. The van der Waals surface area contributed by atoms with Gasteiger partial charge < -0.3 is 5.73 Å². The fraction of sp³-hybridized carbons (Fsp3) is 0.333. The Bertz CT molecular complexity index is 656. The van der Waals surface area contributed by atoms with Crippen molar-refractivity contribution in [2.45, 2.75) is 24.4 Å². The molecule has 2 amide bonds. The molecular weight excluding hydrogens is 282 g/mol. The second-order valence-corrected chi connectivity index (χ2v) is 6.31. The molecule has 1 aliphatic heterocycles. The molecule has 7 nitrogen and oxygen atoms in total. The van der Waals surface area contributed by atoms with Gasteiger partial charge in [-0.2, -0.15) is 4.31 Å². The molecule has 20 heavy (non-hydrogen) atoms. The van der Waals surface area contributed by atoms with Crippen molar-refractivity contribution >= 4 is 21.8 Å². The monoisotopic (exact) mass is 297 g/mol. The number of nitrogens with one attached hydrogen (secondary N) is 1. The summed E-state index contributed by atoms with van der Waals surface area (Å²) in [6, 6.07) is 5.33. The topological polar surface area (TPSA) is 110 Å². The van der Waals surface area contributed by atoms with E-state index < -0.39 is 27.9 Å². The summed E-state index contributed by atoms with van der Waals surface area (Å²) in [6.07, 6.45) is 0. The highest BCUT2D eigenvalue weighted by atomic mass is 32.2. The molecule has 1 aromatic carbocycles. The average Bonchev–Trinajstić information content (AvgIpc) is 2.42. The van der Waals surface area contributed by atoms with E-state index in [0.717, 1.165) is 4.31 Å². The Morgan fingerprint density at radius 1 is 1.35 bits per heavy atom. The number of nitrogens with two attached hydrogens (primary N) is 1. The molecule has 2 rings (SSSR count). The largest absolute Gasteiger partial charge is 0.326 e.